The van der Waals surface area contributed by atoms with Crippen molar-refractivity contribution in [2.45, 2.75) is 142 Å². The fourth-order valence-electron chi connectivity index (χ4n) is 4.70. The van der Waals surface area contributed by atoms with Gasteiger partial charge in [-0.05, 0) is 34.3 Å². The predicted molar refractivity (Wildman–Crippen MR) is 133 cm³/mol. The standard InChI is InChI=1S/C24H50O4Si2/c1-11-13-17-29(19(3)4,20(5)6)27-23(25)15-16-24(26)28-30(21(7)8,22(9)10)18-14-12-2/h19-22H,11-18H2,1-10H3. The molecule has 6 heteroatoms. The van der Waals surface area contributed by atoms with Crippen molar-refractivity contribution < 1.29 is 18.4 Å². The summed E-state index contributed by atoms with van der Waals surface area (Å²) in [4.78, 5) is 25.5. The molecule has 0 spiro atoms. The van der Waals surface area contributed by atoms with Crippen molar-refractivity contribution in [3.05, 3.63) is 0 Å². The molecule has 0 saturated carbocycles. The second-order valence-corrected chi connectivity index (χ2v) is 20.0. The maximum Gasteiger partial charge on any atom is 0.293 e. The molecule has 0 atom stereocenters. The minimum absolute atomic E-state index is 0.133. The fraction of sp³-hybridized carbons (Fsp3) is 0.917. The average molecular weight is 459 g/mol. The van der Waals surface area contributed by atoms with Crippen LogP contribution in [0.4, 0.5) is 0 Å². The zero-order valence-electron chi connectivity index (χ0n) is 21.6. The van der Waals surface area contributed by atoms with Gasteiger partial charge in [0.15, 0.2) is 0 Å². The van der Waals surface area contributed by atoms with Gasteiger partial charge in [0.2, 0.25) is 0 Å². The Balaban J connectivity index is 5.15. The Morgan fingerprint density at radius 2 is 0.867 bits per heavy atom. The number of carbonyl (C=O) groups is 2. The highest BCUT2D eigenvalue weighted by molar-refractivity contribution is 6.78. The summed E-state index contributed by atoms with van der Waals surface area (Å²) in [7, 11) is -4.40. The van der Waals surface area contributed by atoms with Crippen molar-refractivity contribution in [2.75, 3.05) is 0 Å². The van der Waals surface area contributed by atoms with Crippen molar-refractivity contribution >= 4 is 28.6 Å². The topological polar surface area (TPSA) is 52.6 Å². The van der Waals surface area contributed by atoms with Crippen LogP contribution in [0.25, 0.3) is 0 Å². The summed E-state index contributed by atoms with van der Waals surface area (Å²) < 4.78 is 12.4. The molecule has 178 valence electrons. The minimum atomic E-state index is -2.20. The molecule has 0 N–H and O–H groups in total. The highest BCUT2D eigenvalue weighted by Crippen LogP contribution is 2.40. The van der Waals surface area contributed by atoms with Crippen LogP contribution >= 0.6 is 0 Å². The summed E-state index contributed by atoms with van der Waals surface area (Å²) in [6.07, 6.45) is 4.65. The molecule has 0 unspecified atom stereocenters. The Morgan fingerprint density at radius 3 is 1.07 bits per heavy atom. The molecule has 0 aliphatic heterocycles. The Hall–Kier alpha value is -0.626. The van der Waals surface area contributed by atoms with Crippen LogP contribution in [0, 0.1) is 0 Å². The number of unbranched alkanes of at least 4 members (excludes halogenated alkanes) is 2. The lowest BCUT2D eigenvalue weighted by atomic mass is 10.3. The highest BCUT2D eigenvalue weighted by Gasteiger charge is 2.46. The molecule has 30 heavy (non-hydrogen) atoms. The van der Waals surface area contributed by atoms with Gasteiger partial charge in [0.25, 0.3) is 28.6 Å². The third-order valence-corrected chi connectivity index (χ3v) is 18.2. The first kappa shape index (κ1) is 29.4. The molecule has 0 radical (unpaired) electrons. The van der Waals surface area contributed by atoms with Crippen LogP contribution in [0.2, 0.25) is 34.3 Å². The van der Waals surface area contributed by atoms with Gasteiger partial charge in [0.1, 0.15) is 0 Å². The molecule has 0 rings (SSSR count). The first-order valence-corrected chi connectivity index (χ1v) is 16.9. The second kappa shape index (κ2) is 13.7. The van der Waals surface area contributed by atoms with E-state index in [1.54, 1.807) is 0 Å². The number of hydrogen-bond donors (Lipinski definition) is 0. The Kier molecular flexibility index (Phi) is 13.4. The van der Waals surface area contributed by atoms with Crippen LogP contribution < -0.4 is 0 Å². The van der Waals surface area contributed by atoms with E-state index in [0.717, 1.165) is 37.8 Å². The largest absolute Gasteiger partial charge is 0.518 e. The van der Waals surface area contributed by atoms with Crippen LogP contribution in [0.1, 0.15) is 108 Å². The second-order valence-electron chi connectivity index (χ2n) is 10.2. The Labute approximate surface area is 189 Å². The van der Waals surface area contributed by atoms with Crippen LogP contribution in [0.3, 0.4) is 0 Å². The molecule has 0 saturated heterocycles. The average Bonchev–Trinajstić information content (AvgIpc) is 2.65. The Morgan fingerprint density at radius 1 is 0.600 bits per heavy atom. The number of carbonyl (C=O) groups excluding carboxylic acids is 2. The van der Waals surface area contributed by atoms with Gasteiger partial charge in [-0.25, -0.2) is 0 Å². The smallest absolute Gasteiger partial charge is 0.293 e. The van der Waals surface area contributed by atoms with E-state index in [1.807, 2.05) is 0 Å². The summed E-state index contributed by atoms with van der Waals surface area (Å²) in [6.45, 7) is 21.8. The van der Waals surface area contributed by atoms with Gasteiger partial charge in [-0.1, -0.05) is 94.9 Å². The van der Waals surface area contributed by atoms with Crippen molar-refractivity contribution in [2.24, 2.45) is 0 Å². The van der Waals surface area contributed by atoms with Gasteiger partial charge < -0.3 is 8.85 Å². The van der Waals surface area contributed by atoms with Crippen molar-refractivity contribution in [1.29, 1.82) is 0 Å². The third-order valence-electron chi connectivity index (χ3n) is 6.89. The third kappa shape index (κ3) is 8.14. The molecular formula is C24H50O4Si2. The van der Waals surface area contributed by atoms with E-state index in [0.29, 0.717) is 22.2 Å². The molecule has 0 heterocycles. The fourth-order valence-corrected chi connectivity index (χ4v) is 13.7. The van der Waals surface area contributed by atoms with E-state index < -0.39 is 16.6 Å². The van der Waals surface area contributed by atoms with Gasteiger partial charge in [-0.3, -0.25) is 9.59 Å². The quantitative estimate of drug-likeness (QED) is 0.233. The monoisotopic (exact) mass is 458 g/mol. The molecule has 0 aliphatic carbocycles. The molecule has 0 bridgehead atoms. The van der Waals surface area contributed by atoms with E-state index in [2.05, 4.69) is 69.2 Å². The van der Waals surface area contributed by atoms with Crippen molar-refractivity contribution in [3.63, 3.8) is 0 Å². The van der Waals surface area contributed by atoms with Crippen LogP contribution in [0.15, 0.2) is 0 Å². The lowest BCUT2D eigenvalue weighted by Crippen LogP contribution is -2.47. The first-order valence-electron chi connectivity index (χ1n) is 12.3. The summed E-state index contributed by atoms with van der Waals surface area (Å²) in [5.74, 6) is -0.431. The summed E-state index contributed by atoms with van der Waals surface area (Å²) in [5, 5.41) is 0. The van der Waals surface area contributed by atoms with Gasteiger partial charge in [0.05, 0.1) is 12.8 Å². The first-order chi connectivity index (χ1) is 13.9. The van der Waals surface area contributed by atoms with E-state index in [1.165, 1.54) is 0 Å². The van der Waals surface area contributed by atoms with E-state index in [9.17, 15) is 9.59 Å². The van der Waals surface area contributed by atoms with Crippen LogP contribution in [-0.4, -0.2) is 28.6 Å². The molecule has 0 aromatic heterocycles. The molecule has 0 aliphatic rings. The van der Waals surface area contributed by atoms with Crippen molar-refractivity contribution in [3.8, 4) is 0 Å². The zero-order chi connectivity index (χ0) is 23.5. The molecular weight excluding hydrogens is 408 g/mol. The van der Waals surface area contributed by atoms with Crippen molar-refractivity contribution in [1.82, 2.24) is 0 Å². The molecule has 4 nitrogen and oxygen atoms in total. The van der Waals surface area contributed by atoms with E-state index >= 15 is 0 Å². The summed E-state index contributed by atoms with van der Waals surface area (Å²) >= 11 is 0. The number of rotatable bonds is 15. The zero-order valence-corrected chi connectivity index (χ0v) is 23.6. The molecule has 0 aromatic rings. The molecule has 0 aromatic carbocycles. The Bertz CT molecular complexity index is 453. The van der Waals surface area contributed by atoms with Gasteiger partial charge in [-0.2, -0.15) is 0 Å². The normalized spacial score (nSPS) is 12.9. The molecule has 0 fully saturated rings. The van der Waals surface area contributed by atoms with Crippen LogP contribution in [-0.2, 0) is 18.4 Å². The predicted octanol–water partition coefficient (Wildman–Crippen LogP) is 7.98. The van der Waals surface area contributed by atoms with E-state index in [-0.39, 0.29) is 24.8 Å². The van der Waals surface area contributed by atoms with Crippen LogP contribution in [0.5, 0.6) is 0 Å². The lowest BCUT2D eigenvalue weighted by Gasteiger charge is -2.39. The lowest BCUT2D eigenvalue weighted by molar-refractivity contribution is -0.142. The van der Waals surface area contributed by atoms with Gasteiger partial charge in [-0.15, -0.1) is 0 Å². The summed E-state index contributed by atoms with van der Waals surface area (Å²) in [5.41, 5.74) is 1.48. The maximum absolute atomic E-state index is 12.8. The minimum Gasteiger partial charge on any atom is -0.518 e. The SMILES string of the molecule is CCCC[Si](OC(=O)CCC(=O)O[Si](CCCC)(C(C)C)C(C)C)(C(C)C)C(C)C. The summed E-state index contributed by atoms with van der Waals surface area (Å²) in [6, 6.07) is 2.01. The maximum atomic E-state index is 12.8. The van der Waals surface area contributed by atoms with Gasteiger partial charge in [0, 0.05) is 0 Å². The van der Waals surface area contributed by atoms with Gasteiger partial charge >= 0.3 is 0 Å². The molecule has 0 amide bonds. The number of hydrogen-bond acceptors (Lipinski definition) is 4. The van der Waals surface area contributed by atoms with E-state index in [4.69, 9.17) is 8.85 Å². The highest BCUT2D eigenvalue weighted by atomic mass is 28.4.